The fourth-order valence-electron chi connectivity index (χ4n) is 4.08. The van der Waals surface area contributed by atoms with E-state index in [9.17, 15) is 14.7 Å². The van der Waals surface area contributed by atoms with Gasteiger partial charge in [-0.25, -0.2) is 19.6 Å². The van der Waals surface area contributed by atoms with E-state index in [1.807, 2.05) is 6.07 Å². The van der Waals surface area contributed by atoms with Crippen LogP contribution >= 0.6 is 23.2 Å². The molecule has 1 aliphatic heterocycles. The molecule has 3 heterocycles. The average molecular weight is 479 g/mol. The standard InChI is InChI=1S/C21H20Cl2N4O5/c22-14-3-2-13-16(26-7-6-24-11-26)9-17(25-20(13)19(14)23)27-12(1-4-15(27)21(30)31)5-8-32-10-18(28)29/h2-3,6-7,9,11-12,15H,1,4-5,8,10H2,(H,28,29)(H,30,31)/t12?,15-/m0/s1. The van der Waals surface area contributed by atoms with E-state index in [2.05, 4.69) is 4.98 Å². The first-order valence-electron chi connectivity index (χ1n) is 9.94. The summed E-state index contributed by atoms with van der Waals surface area (Å²) in [5.41, 5.74) is 1.19. The minimum Gasteiger partial charge on any atom is -0.480 e. The number of benzene rings is 1. The number of nitrogens with zero attached hydrogens (tertiary/aromatic N) is 4. The van der Waals surface area contributed by atoms with Gasteiger partial charge in [-0.2, -0.15) is 0 Å². The lowest BCUT2D eigenvalue weighted by Crippen LogP contribution is -2.42. The van der Waals surface area contributed by atoms with Crippen molar-refractivity contribution in [1.82, 2.24) is 14.5 Å². The molecule has 0 radical (unpaired) electrons. The van der Waals surface area contributed by atoms with Crippen LogP contribution in [-0.4, -0.2) is 62.0 Å². The molecule has 32 heavy (non-hydrogen) atoms. The summed E-state index contributed by atoms with van der Waals surface area (Å²) < 4.78 is 6.98. The summed E-state index contributed by atoms with van der Waals surface area (Å²) in [5, 5.41) is 20.0. The first-order valence-corrected chi connectivity index (χ1v) is 10.7. The Kier molecular flexibility index (Phi) is 6.50. The van der Waals surface area contributed by atoms with E-state index in [0.29, 0.717) is 35.6 Å². The molecule has 9 nitrogen and oxygen atoms in total. The number of halogens is 2. The van der Waals surface area contributed by atoms with Gasteiger partial charge < -0.3 is 24.4 Å². The van der Waals surface area contributed by atoms with Crippen LogP contribution < -0.4 is 4.90 Å². The average Bonchev–Trinajstić information content (AvgIpc) is 3.43. The highest BCUT2D eigenvalue weighted by molar-refractivity contribution is 6.45. The molecule has 0 amide bonds. The number of hydrogen-bond donors (Lipinski definition) is 2. The third-order valence-electron chi connectivity index (χ3n) is 5.49. The topological polar surface area (TPSA) is 118 Å². The molecule has 168 valence electrons. The minimum atomic E-state index is -1.05. The highest BCUT2D eigenvalue weighted by atomic mass is 35.5. The van der Waals surface area contributed by atoms with Gasteiger partial charge in [-0.15, -0.1) is 0 Å². The molecular formula is C21H20Cl2N4O5. The Morgan fingerprint density at radius 3 is 2.72 bits per heavy atom. The molecule has 0 spiro atoms. The number of rotatable bonds is 8. The smallest absolute Gasteiger partial charge is 0.329 e. The summed E-state index contributed by atoms with van der Waals surface area (Å²) >= 11 is 12.7. The van der Waals surface area contributed by atoms with Crippen molar-refractivity contribution in [3.05, 3.63) is 47.0 Å². The Labute approximate surface area is 193 Å². The van der Waals surface area contributed by atoms with Gasteiger partial charge in [0.1, 0.15) is 18.5 Å². The number of fused-ring (bicyclic) bond motifs is 1. The monoisotopic (exact) mass is 478 g/mol. The number of carbonyl (C=O) groups is 2. The number of anilines is 1. The number of aromatic nitrogens is 3. The van der Waals surface area contributed by atoms with Crippen molar-refractivity contribution in [3.63, 3.8) is 0 Å². The predicted octanol–water partition coefficient (Wildman–Crippen LogP) is 3.64. The van der Waals surface area contributed by atoms with Crippen LogP contribution in [0.2, 0.25) is 10.0 Å². The van der Waals surface area contributed by atoms with Crippen molar-refractivity contribution in [3.8, 4) is 5.69 Å². The Bertz CT molecular complexity index is 1150. The number of ether oxygens (including phenoxy) is 1. The summed E-state index contributed by atoms with van der Waals surface area (Å²) in [6.45, 7) is -0.212. The van der Waals surface area contributed by atoms with Gasteiger partial charge in [-0.1, -0.05) is 23.2 Å². The zero-order valence-corrected chi connectivity index (χ0v) is 18.3. The molecular weight excluding hydrogens is 459 g/mol. The Hall–Kier alpha value is -2.88. The van der Waals surface area contributed by atoms with E-state index >= 15 is 0 Å². The van der Waals surface area contributed by atoms with Crippen molar-refractivity contribution in [2.45, 2.75) is 31.3 Å². The van der Waals surface area contributed by atoms with Crippen molar-refractivity contribution in [2.75, 3.05) is 18.1 Å². The molecule has 1 saturated heterocycles. The zero-order chi connectivity index (χ0) is 22.8. The van der Waals surface area contributed by atoms with Gasteiger partial charge in [0.2, 0.25) is 0 Å². The summed E-state index contributed by atoms with van der Waals surface area (Å²) in [6, 6.07) is 4.33. The lowest BCUT2D eigenvalue weighted by atomic mass is 10.1. The van der Waals surface area contributed by atoms with Crippen LogP contribution in [0.1, 0.15) is 19.3 Å². The van der Waals surface area contributed by atoms with Gasteiger partial charge in [0.25, 0.3) is 0 Å². The van der Waals surface area contributed by atoms with Crippen LogP contribution in [0.15, 0.2) is 36.9 Å². The van der Waals surface area contributed by atoms with Crippen LogP contribution in [0, 0.1) is 0 Å². The lowest BCUT2D eigenvalue weighted by Gasteiger charge is -2.30. The molecule has 4 rings (SSSR count). The maximum Gasteiger partial charge on any atom is 0.329 e. The van der Waals surface area contributed by atoms with Crippen LogP contribution in [-0.2, 0) is 14.3 Å². The Balaban J connectivity index is 1.78. The van der Waals surface area contributed by atoms with E-state index in [0.717, 1.165) is 11.1 Å². The number of hydrogen-bond acceptors (Lipinski definition) is 6. The molecule has 2 N–H and O–H groups in total. The molecule has 1 unspecified atom stereocenters. The molecule has 3 aromatic rings. The first kappa shape index (κ1) is 22.3. The normalized spacial score (nSPS) is 18.4. The van der Waals surface area contributed by atoms with Gasteiger partial charge in [0.15, 0.2) is 0 Å². The van der Waals surface area contributed by atoms with Crippen LogP contribution in [0.3, 0.4) is 0 Å². The highest BCUT2D eigenvalue weighted by Crippen LogP contribution is 2.38. The van der Waals surface area contributed by atoms with Gasteiger partial charge in [-0.05, 0) is 31.4 Å². The summed E-state index contributed by atoms with van der Waals surface area (Å²) in [6.07, 6.45) is 6.55. The number of pyridine rings is 1. The van der Waals surface area contributed by atoms with Crippen LogP contribution in [0.4, 0.5) is 5.82 Å². The second-order valence-electron chi connectivity index (χ2n) is 7.45. The van der Waals surface area contributed by atoms with E-state index in [-0.39, 0.29) is 17.7 Å². The number of carboxylic acids is 2. The van der Waals surface area contributed by atoms with Gasteiger partial charge in [0, 0.05) is 36.5 Å². The maximum atomic E-state index is 12.0. The first-order chi connectivity index (χ1) is 15.4. The fourth-order valence-corrected chi connectivity index (χ4v) is 4.44. The number of aliphatic carboxylic acids is 2. The molecule has 11 heteroatoms. The maximum absolute atomic E-state index is 12.0. The predicted molar refractivity (Wildman–Crippen MR) is 119 cm³/mol. The van der Waals surface area contributed by atoms with E-state index in [4.69, 9.17) is 38.0 Å². The minimum absolute atomic E-state index is 0.189. The molecule has 1 fully saturated rings. The molecule has 1 aliphatic rings. The van der Waals surface area contributed by atoms with E-state index < -0.39 is 24.6 Å². The Morgan fingerprint density at radius 2 is 2.03 bits per heavy atom. The molecule has 0 saturated carbocycles. The molecule has 0 bridgehead atoms. The van der Waals surface area contributed by atoms with Gasteiger partial charge in [-0.3, -0.25) is 0 Å². The third-order valence-corrected chi connectivity index (χ3v) is 6.29. The Morgan fingerprint density at radius 1 is 1.22 bits per heavy atom. The summed E-state index contributed by atoms with van der Waals surface area (Å²) in [4.78, 5) is 33.3. The number of imidazole rings is 1. The molecule has 0 aliphatic carbocycles. The number of carboxylic acid groups (broad SMARTS) is 2. The van der Waals surface area contributed by atoms with Gasteiger partial charge >= 0.3 is 11.9 Å². The molecule has 2 atom stereocenters. The zero-order valence-electron chi connectivity index (χ0n) is 16.8. The van der Waals surface area contributed by atoms with Crippen molar-refractivity contribution >= 4 is 51.9 Å². The molecule has 1 aromatic carbocycles. The van der Waals surface area contributed by atoms with Crippen molar-refractivity contribution in [2.24, 2.45) is 0 Å². The second-order valence-corrected chi connectivity index (χ2v) is 8.24. The SMILES string of the molecule is O=C(O)COCCC1CC[C@@H](C(=O)O)N1c1cc(-n2ccnc2)c2ccc(Cl)c(Cl)c2n1. The van der Waals surface area contributed by atoms with Crippen LogP contribution in [0.5, 0.6) is 0 Å². The second kappa shape index (κ2) is 9.32. The van der Waals surface area contributed by atoms with Crippen molar-refractivity contribution in [1.29, 1.82) is 0 Å². The highest BCUT2D eigenvalue weighted by Gasteiger charge is 2.39. The quantitative estimate of drug-likeness (QED) is 0.471. The molecule has 2 aromatic heterocycles. The third kappa shape index (κ3) is 4.36. The lowest BCUT2D eigenvalue weighted by molar-refractivity contribution is -0.142. The summed E-state index contributed by atoms with van der Waals surface area (Å²) in [5.74, 6) is -1.56. The van der Waals surface area contributed by atoms with Gasteiger partial charge in [0.05, 0.1) is 27.6 Å². The largest absolute Gasteiger partial charge is 0.480 e. The van der Waals surface area contributed by atoms with E-state index in [1.54, 1.807) is 40.3 Å². The summed E-state index contributed by atoms with van der Waals surface area (Å²) in [7, 11) is 0. The fraction of sp³-hybridized carbons (Fsp3) is 0.333. The van der Waals surface area contributed by atoms with Crippen LogP contribution in [0.25, 0.3) is 16.6 Å². The van der Waals surface area contributed by atoms with Crippen molar-refractivity contribution < 1.29 is 24.5 Å². The van der Waals surface area contributed by atoms with E-state index in [1.165, 1.54) is 0 Å².